The highest BCUT2D eigenvalue weighted by atomic mass is 16.6. The second-order valence-electron chi connectivity index (χ2n) is 4.71. The average molecular weight is 274 g/mol. The first-order valence-corrected chi connectivity index (χ1v) is 6.76. The molecule has 1 aliphatic heterocycles. The first-order valence-electron chi connectivity index (χ1n) is 6.76. The van der Waals surface area contributed by atoms with E-state index < -0.39 is 0 Å². The van der Waals surface area contributed by atoms with Crippen molar-refractivity contribution in [1.82, 2.24) is 20.5 Å². The third-order valence-corrected chi connectivity index (χ3v) is 3.24. The number of rotatable bonds is 5. The fourth-order valence-corrected chi connectivity index (χ4v) is 2.23. The van der Waals surface area contributed by atoms with Crippen LogP contribution in [0.2, 0.25) is 0 Å². The maximum absolute atomic E-state index is 5.59. The molecule has 6 heteroatoms. The molecular formula is C14H18N4O2. The van der Waals surface area contributed by atoms with Gasteiger partial charge in [0, 0.05) is 36.6 Å². The Hall–Kier alpha value is -1.76. The smallest absolute Gasteiger partial charge is 0.0933 e. The van der Waals surface area contributed by atoms with Crippen LogP contribution in [0.1, 0.15) is 5.56 Å². The van der Waals surface area contributed by atoms with Crippen LogP contribution >= 0.6 is 0 Å². The van der Waals surface area contributed by atoms with Gasteiger partial charge in [0.2, 0.25) is 0 Å². The van der Waals surface area contributed by atoms with E-state index in [0.717, 1.165) is 29.9 Å². The number of nitrogens with zero attached hydrogens (tertiary/aromatic N) is 2. The molecular weight excluding hydrogens is 256 g/mol. The maximum Gasteiger partial charge on any atom is 0.0933 e. The van der Waals surface area contributed by atoms with Gasteiger partial charge < -0.3 is 14.8 Å². The van der Waals surface area contributed by atoms with E-state index >= 15 is 0 Å². The van der Waals surface area contributed by atoms with Gasteiger partial charge in [-0.1, -0.05) is 0 Å². The molecule has 1 fully saturated rings. The van der Waals surface area contributed by atoms with Crippen molar-refractivity contribution in [2.75, 3.05) is 26.4 Å². The fourth-order valence-electron chi connectivity index (χ4n) is 2.23. The van der Waals surface area contributed by atoms with E-state index in [2.05, 4.69) is 20.5 Å². The third kappa shape index (κ3) is 3.22. The van der Waals surface area contributed by atoms with Gasteiger partial charge in [0.15, 0.2) is 0 Å². The monoisotopic (exact) mass is 274 g/mol. The number of aromatic nitrogens is 3. The summed E-state index contributed by atoms with van der Waals surface area (Å²) in [4.78, 5) is 4.13. The molecule has 2 aromatic heterocycles. The second-order valence-corrected chi connectivity index (χ2v) is 4.71. The lowest BCUT2D eigenvalue weighted by atomic mass is 10.1. The first-order chi connectivity index (χ1) is 9.93. The van der Waals surface area contributed by atoms with Crippen LogP contribution < -0.4 is 5.32 Å². The molecule has 0 amide bonds. The van der Waals surface area contributed by atoms with Gasteiger partial charge in [-0.2, -0.15) is 5.10 Å². The number of aromatic amines is 1. The first kappa shape index (κ1) is 13.2. The van der Waals surface area contributed by atoms with E-state index in [9.17, 15) is 0 Å². The number of pyridine rings is 1. The van der Waals surface area contributed by atoms with Crippen LogP contribution in [0.4, 0.5) is 0 Å². The van der Waals surface area contributed by atoms with Crippen molar-refractivity contribution >= 4 is 0 Å². The lowest BCUT2D eigenvalue weighted by Gasteiger charge is -2.23. The van der Waals surface area contributed by atoms with Crippen LogP contribution in [0.15, 0.2) is 30.7 Å². The minimum absolute atomic E-state index is 0.137. The van der Waals surface area contributed by atoms with Crippen molar-refractivity contribution in [1.29, 1.82) is 0 Å². The zero-order valence-electron chi connectivity index (χ0n) is 11.2. The molecule has 0 radical (unpaired) electrons. The quantitative estimate of drug-likeness (QED) is 0.850. The Morgan fingerprint density at radius 3 is 3.15 bits per heavy atom. The summed E-state index contributed by atoms with van der Waals surface area (Å²) in [6, 6.07) is 3.93. The molecule has 6 nitrogen and oxygen atoms in total. The SMILES string of the molecule is c1cncc(-c2[nH]ncc2CNCC2COCCO2)c1. The van der Waals surface area contributed by atoms with Gasteiger partial charge >= 0.3 is 0 Å². The van der Waals surface area contributed by atoms with E-state index in [-0.39, 0.29) is 6.10 Å². The molecule has 0 aliphatic carbocycles. The van der Waals surface area contributed by atoms with Crippen LogP contribution in [0.3, 0.4) is 0 Å². The number of ether oxygens (including phenoxy) is 2. The fraction of sp³-hybridized carbons (Fsp3) is 0.429. The van der Waals surface area contributed by atoms with Crippen molar-refractivity contribution in [2.45, 2.75) is 12.6 Å². The van der Waals surface area contributed by atoms with Crippen molar-refractivity contribution < 1.29 is 9.47 Å². The summed E-state index contributed by atoms with van der Waals surface area (Å²) in [7, 11) is 0. The van der Waals surface area contributed by atoms with Crippen LogP contribution in [-0.2, 0) is 16.0 Å². The number of H-pyrrole nitrogens is 1. The minimum atomic E-state index is 0.137. The Balaban J connectivity index is 1.57. The molecule has 0 spiro atoms. The Morgan fingerprint density at radius 1 is 1.35 bits per heavy atom. The molecule has 1 unspecified atom stereocenters. The second kappa shape index (κ2) is 6.60. The Bertz CT molecular complexity index is 523. The Kier molecular flexibility index (Phi) is 4.37. The highest BCUT2D eigenvalue weighted by molar-refractivity contribution is 5.61. The predicted octanol–water partition coefficient (Wildman–Crippen LogP) is 0.977. The zero-order chi connectivity index (χ0) is 13.6. The zero-order valence-corrected chi connectivity index (χ0v) is 11.2. The number of nitrogens with one attached hydrogen (secondary N) is 2. The summed E-state index contributed by atoms with van der Waals surface area (Å²) in [5.74, 6) is 0. The minimum Gasteiger partial charge on any atom is -0.376 e. The standard InChI is InChI=1S/C14H18N4O2/c1-2-11(6-15-3-1)14-12(8-17-18-14)7-16-9-13-10-19-4-5-20-13/h1-3,6,8,13,16H,4-5,7,9-10H2,(H,17,18). The molecule has 0 aromatic carbocycles. The molecule has 1 atom stereocenters. The Labute approximate surface area is 117 Å². The lowest BCUT2D eigenvalue weighted by Crippen LogP contribution is -2.37. The van der Waals surface area contributed by atoms with E-state index in [1.54, 1.807) is 6.20 Å². The molecule has 106 valence electrons. The van der Waals surface area contributed by atoms with Crippen molar-refractivity contribution in [3.63, 3.8) is 0 Å². The highest BCUT2D eigenvalue weighted by Gasteiger charge is 2.14. The van der Waals surface area contributed by atoms with E-state index in [0.29, 0.717) is 19.8 Å². The van der Waals surface area contributed by atoms with Crippen molar-refractivity contribution in [3.05, 3.63) is 36.3 Å². The summed E-state index contributed by atoms with van der Waals surface area (Å²) < 4.78 is 11.0. The van der Waals surface area contributed by atoms with Gasteiger partial charge in [0.05, 0.1) is 37.8 Å². The summed E-state index contributed by atoms with van der Waals surface area (Å²) in [6.07, 6.45) is 5.57. The summed E-state index contributed by atoms with van der Waals surface area (Å²) in [5, 5.41) is 10.5. The van der Waals surface area contributed by atoms with Crippen molar-refractivity contribution in [2.24, 2.45) is 0 Å². The molecule has 2 aromatic rings. The van der Waals surface area contributed by atoms with Crippen molar-refractivity contribution in [3.8, 4) is 11.3 Å². The normalized spacial score (nSPS) is 19.1. The molecule has 0 bridgehead atoms. The van der Waals surface area contributed by atoms with Gasteiger partial charge in [-0.3, -0.25) is 10.1 Å². The average Bonchev–Trinajstić information content (AvgIpc) is 2.98. The van der Waals surface area contributed by atoms with Gasteiger partial charge in [-0.05, 0) is 12.1 Å². The number of hydrogen-bond donors (Lipinski definition) is 2. The summed E-state index contributed by atoms with van der Waals surface area (Å²) in [5.41, 5.74) is 3.17. The van der Waals surface area contributed by atoms with Crippen LogP contribution in [0.5, 0.6) is 0 Å². The van der Waals surface area contributed by atoms with E-state index in [4.69, 9.17) is 9.47 Å². The molecule has 20 heavy (non-hydrogen) atoms. The van der Waals surface area contributed by atoms with E-state index in [1.165, 1.54) is 0 Å². The lowest BCUT2D eigenvalue weighted by molar-refractivity contribution is -0.0864. The molecule has 1 aliphatic rings. The predicted molar refractivity (Wildman–Crippen MR) is 74.1 cm³/mol. The van der Waals surface area contributed by atoms with Gasteiger partial charge in [0.25, 0.3) is 0 Å². The maximum atomic E-state index is 5.59. The Morgan fingerprint density at radius 2 is 2.35 bits per heavy atom. The summed E-state index contributed by atoms with van der Waals surface area (Å²) in [6.45, 7) is 3.55. The molecule has 3 heterocycles. The van der Waals surface area contributed by atoms with Gasteiger partial charge in [0.1, 0.15) is 0 Å². The van der Waals surface area contributed by atoms with Crippen LogP contribution in [0, 0.1) is 0 Å². The molecule has 2 N–H and O–H groups in total. The van der Waals surface area contributed by atoms with Crippen LogP contribution in [0.25, 0.3) is 11.3 Å². The molecule has 3 rings (SSSR count). The summed E-state index contributed by atoms with van der Waals surface area (Å²) >= 11 is 0. The van der Waals surface area contributed by atoms with Crippen LogP contribution in [-0.4, -0.2) is 47.7 Å². The highest BCUT2D eigenvalue weighted by Crippen LogP contribution is 2.19. The number of hydrogen-bond acceptors (Lipinski definition) is 5. The molecule has 1 saturated heterocycles. The van der Waals surface area contributed by atoms with Gasteiger partial charge in [-0.25, -0.2) is 0 Å². The van der Waals surface area contributed by atoms with Gasteiger partial charge in [-0.15, -0.1) is 0 Å². The topological polar surface area (TPSA) is 72.1 Å². The third-order valence-electron chi connectivity index (χ3n) is 3.24. The largest absolute Gasteiger partial charge is 0.376 e. The molecule has 0 saturated carbocycles. The van der Waals surface area contributed by atoms with E-state index in [1.807, 2.05) is 24.5 Å².